The Morgan fingerprint density at radius 1 is 1.10 bits per heavy atom. The van der Waals surface area contributed by atoms with Gasteiger partial charge in [0.1, 0.15) is 0 Å². The highest BCUT2D eigenvalue weighted by atomic mass is 16.3. The molecule has 0 bridgehead atoms. The molecule has 1 heterocycles. The molecule has 0 fully saturated rings. The molecule has 2 rings (SSSR count). The van der Waals surface area contributed by atoms with Gasteiger partial charge in [-0.2, -0.15) is 0 Å². The number of para-hydroxylation sites is 1. The molecule has 0 aliphatic carbocycles. The zero-order valence-electron chi connectivity index (χ0n) is 13.1. The fourth-order valence-corrected chi connectivity index (χ4v) is 2.53. The Hall–Kier alpha value is -1.87. The number of aromatic nitrogens is 1. The number of aliphatic hydroxyl groups is 1. The van der Waals surface area contributed by atoms with Crippen molar-refractivity contribution in [2.75, 3.05) is 11.4 Å². The first kappa shape index (κ1) is 15.5. The Morgan fingerprint density at radius 3 is 2.52 bits per heavy atom. The molecule has 0 amide bonds. The molecule has 3 heteroatoms. The molecule has 0 spiro atoms. The van der Waals surface area contributed by atoms with Gasteiger partial charge < -0.3 is 10.0 Å². The quantitative estimate of drug-likeness (QED) is 0.875. The average Bonchev–Trinajstić information content (AvgIpc) is 2.52. The zero-order valence-corrected chi connectivity index (χ0v) is 13.1. The lowest BCUT2D eigenvalue weighted by atomic mass is 10.0. The maximum Gasteiger partial charge on any atom is 0.0807 e. The van der Waals surface area contributed by atoms with Crippen molar-refractivity contribution in [2.45, 2.75) is 39.8 Å². The lowest BCUT2D eigenvalue weighted by Crippen LogP contribution is -2.24. The van der Waals surface area contributed by atoms with E-state index in [-0.39, 0.29) is 0 Å². The number of aliphatic hydroxyl groups excluding tert-OH is 1. The lowest BCUT2D eigenvalue weighted by Gasteiger charge is -2.27. The minimum Gasteiger partial charge on any atom is -0.388 e. The topological polar surface area (TPSA) is 36.4 Å². The van der Waals surface area contributed by atoms with Crippen LogP contribution in [0.5, 0.6) is 0 Å². The maximum atomic E-state index is 10.2. The Labute approximate surface area is 127 Å². The minimum atomic E-state index is -0.416. The number of rotatable bonds is 6. The third kappa shape index (κ3) is 3.82. The van der Waals surface area contributed by atoms with Crippen LogP contribution in [-0.2, 0) is 6.54 Å². The molecule has 21 heavy (non-hydrogen) atoms. The summed E-state index contributed by atoms with van der Waals surface area (Å²) in [5.41, 5.74) is 4.18. The molecule has 0 aliphatic heterocycles. The largest absolute Gasteiger partial charge is 0.388 e. The van der Waals surface area contributed by atoms with Crippen LogP contribution >= 0.6 is 0 Å². The Bertz CT molecular complexity index is 583. The van der Waals surface area contributed by atoms with E-state index in [2.05, 4.69) is 28.9 Å². The number of nitrogens with zero attached hydrogens (tertiary/aromatic N) is 2. The third-order valence-corrected chi connectivity index (χ3v) is 3.70. The van der Waals surface area contributed by atoms with Crippen LogP contribution in [0.3, 0.4) is 0 Å². The van der Waals surface area contributed by atoms with E-state index < -0.39 is 6.10 Å². The van der Waals surface area contributed by atoms with E-state index in [1.54, 1.807) is 0 Å². The van der Waals surface area contributed by atoms with E-state index in [9.17, 15) is 5.11 Å². The smallest absolute Gasteiger partial charge is 0.0807 e. The van der Waals surface area contributed by atoms with Gasteiger partial charge in [-0.25, -0.2) is 0 Å². The van der Waals surface area contributed by atoms with Crippen molar-refractivity contribution >= 4 is 5.69 Å². The van der Waals surface area contributed by atoms with Crippen LogP contribution in [0.4, 0.5) is 5.69 Å². The van der Waals surface area contributed by atoms with E-state index in [0.29, 0.717) is 0 Å². The van der Waals surface area contributed by atoms with Gasteiger partial charge in [0.15, 0.2) is 0 Å². The van der Waals surface area contributed by atoms with Crippen LogP contribution in [0.15, 0.2) is 42.5 Å². The fourth-order valence-electron chi connectivity index (χ4n) is 2.53. The number of benzene rings is 1. The Balaban J connectivity index is 2.29. The number of pyridine rings is 1. The summed E-state index contributed by atoms with van der Waals surface area (Å²) in [7, 11) is 0. The highest BCUT2D eigenvalue weighted by Crippen LogP contribution is 2.28. The third-order valence-electron chi connectivity index (χ3n) is 3.70. The molecule has 1 atom stereocenters. The van der Waals surface area contributed by atoms with Gasteiger partial charge in [0.2, 0.25) is 0 Å². The maximum absolute atomic E-state index is 10.2. The Kier molecular flexibility index (Phi) is 5.34. The highest BCUT2D eigenvalue weighted by Gasteiger charge is 2.15. The van der Waals surface area contributed by atoms with Gasteiger partial charge in [-0.15, -0.1) is 0 Å². The summed E-state index contributed by atoms with van der Waals surface area (Å²) in [6, 6.07) is 14.2. The van der Waals surface area contributed by atoms with E-state index >= 15 is 0 Å². The second kappa shape index (κ2) is 7.23. The zero-order chi connectivity index (χ0) is 15.2. The second-order valence-electron chi connectivity index (χ2n) is 5.27. The number of hydrogen-bond acceptors (Lipinski definition) is 3. The summed E-state index contributed by atoms with van der Waals surface area (Å²) in [4.78, 5) is 6.84. The first-order valence-electron chi connectivity index (χ1n) is 7.60. The van der Waals surface area contributed by atoms with Crippen LogP contribution in [-0.4, -0.2) is 16.6 Å². The fraction of sp³-hybridized carbons (Fsp3) is 0.389. The standard InChI is InChI=1S/C18H24N2O/c1-4-18(21)16-11-6-7-12-17(16)20(5-2)13-15-10-8-9-14(3)19-15/h6-12,18,21H,4-5,13H2,1-3H3. The summed E-state index contributed by atoms with van der Waals surface area (Å²) < 4.78 is 0. The number of hydrogen-bond donors (Lipinski definition) is 1. The van der Waals surface area contributed by atoms with E-state index in [1.807, 2.05) is 44.2 Å². The molecular formula is C18H24N2O. The van der Waals surface area contributed by atoms with Gasteiger partial charge in [-0.05, 0) is 38.5 Å². The number of aryl methyl sites for hydroxylation is 1. The SMILES string of the molecule is CCC(O)c1ccccc1N(CC)Cc1cccc(C)n1. The van der Waals surface area contributed by atoms with Gasteiger partial charge in [-0.3, -0.25) is 4.98 Å². The molecule has 0 saturated heterocycles. The van der Waals surface area contributed by atoms with Crippen LogP contribution < -0.4 is 4.90 Å². The van der Waals surface area contributed by atoms with Crippen LogP contribution in [0.2, 0.25) is 0 Å². The summed E-state index contributed by atoms with van der Waals surface area (Å²) in [6.45, 7) is 7.77. The van der Waals surface area contributed by atoms with E-state index in [1.165, 1.54) is 0 Å². The van der Waals surface area contributed by atoms with Crippen molar-refractivity contribution in [1.29, 1.82) is 0 Å². The number of anilines is 1. The van der Waals surface area contributed by atoms with Crippen LogP contribution in [0.25, 0.3) is 0 Å². The van der Waals surface area contributed by atoms with Crippen LogP contribution in [0, 0.1) is 6.92 Å². The summed E-state index contributed by atoms with van der Waals surface area (Å²) >= 11 is 0. The van der Waals surface area contributed by atoms with Gasteiger partial charge >= 0.3 is 0 Å². The van der Waals surface area contributed by atoms with Gasteiger partial charge in [0, 0.05) is 23.5 Å². The van der Waals surface area contributed by atoms with Crippen molar-refractivity contribution in [1.82, 2.24) is 4.98 Å². The van der Waals surface area contributed by atoms with Gasteiger partial charge in [0.25, 0.3) is 0 Å². The highest BCUT2D eigenvalue weighted by molar-refractivity contribution is 5.54. The molecular weight excluding hydrogens is 260 g/mol. The molecule has 112 valence electrons. The molecule has 1 unspecified atom stereocenters. The molecule has 2 aromatic rings. The molecule has 1 N–H and O–H groups in total. The predicted molar refractivity (Wildman–Crippen MR) is 87.4 cm³/mol. The first-order chi connectivity index (χ1) is 10.2. The molecule has 1 aromatic heterocycles. The summed E-state index contributed by atoms with van der Waals surface area (Å²) in [6.07, 6.45) is 0.304. The molecule has 0 saturated carbocycles. The van der Waals surface area contributed by atoms with E-state index in [4.69, 9.17) is 0 Å². The lowest BCUT2D eigenvalue weighted by molar-refractivity contribution is 0.174. The van der Waals surface area contributed by atoms with Crippen molar-refractivity contribution in [2.24, 2.45) is 0 Å². The molecule has 1 aromatic carbocycles. The molecule has 0 radical (unpaired) electrons. The summed E-state index contributed by atoms with van der Waals surface area (Å²) in [5.74, 6) is 0. The van der Waals surface area contributed by atoms with Crippen LogP contribution in [0.1, 0.15) is 43.3 Å². The van der Waals surface area contributed by atoms with Crippen molar-refractivity contribution < 1.29 is 5.11 Å². The predicted octanol–water partition coefficient (Wildman–Crippen LogP) is 3.86. The van der Waals surface area contributed by atoms with Crippen molar-refractivity contribution in [3.8, 4) is 0 Å². The normalized spacial score (nSPS) is 12.2. The Morgan fingerprint density at radius 2 is 1.86 bits per heavy atom. The van der Waals surface area contributed by atoms with Crippen molar-refractivity contribution in [3.63, 3.8) is 0 Å². The van der Waals surface area contributed by atoms with E-state index in [0.717, 1.165) is 42.1 Å². The average molecular weight is 284 g/mol. The minimum absolute atomic E-state index is 0.416. The molecule has 0 aliphatic rings. The van der Waals surface area contributed by atoms with Gasteiger partial charge in [-0.1, -0.05) is 31.2 Å². The summed E-state index contributed by atoms with van der Waals surface area (Å²) in [5, 5.41) is 10.2. The monoisotopic (exact) mass is 284 g/mol. The van der Waals surface area contributed by atoms with Gasteiger partial charge in [0.05, 0.1) is 18.3 Å². The molecule has 3 nitrogen and oxygen atoms in total. The first-order valence-corrected chi connectivity index (χ1v) is 7.60. The second-order valence-corrected chi connectivity index (χ2v) is 5.27. The van der Waals surface area contributed by atoms with Crippen molar-refractivity contribution in [3.05, 3.63) is 59.4 Å².